The van der Waals surface area contributed by atoms with Crippen molar-refractivity contribution in [2.24, 2.45) is 11.3 Å². The molecule has 3 nitrogen and oxygen atoms in total. The van der Waals surface area contributed by atoms with Crippen LogP contribution in [0.3, 0.4) is 0 Å². The Hall–Kier alpha value is -1.51. The van der Waals surface area contributed by atoms with Gasteiger partial charge in [0.2, 0.25) is 5.91 Å². The van der Waals surface area contributed by atoms with Crippen molar-refractivity contribution in [3.8, 4) is 0 Å². The van der Waals surface area contributed by atoms with Crippen LogP contribution in [0.1, 0.15) is 18.4 Å². The molecule has 0 atom stereocenters. The lowest BCUT2D eigenvalue weighted by Crippen LogP contribution is -2.50. The molecule has 1 saturated heterocycles. The number of hydrogen-bond donors (Lipinski definition) is 0. The van der Waals surface area contributed by atoms with Crippen molar-refractivity contribution in [3.05, 3.63) is 29.8 Å². The fraction of sp³-hybridized carbons (Fsp3) is 0.562. The summed E-state index contributed by atoms with van der Waals surface area (Å²) in [7, 11) is 0. The summed E-state index contributed by atoms with van der Waals surface area (Å²) in [6.07, 6.45) is 2.34. The molecule has 1 aromatic rings. The Labute approximate surface area is 114 Å². The standard InChI is InChI=1S/C16H20N2O/c1-12-2-4-14(5-3-12)17-6-8-18(9-7-17)15(19)16-10-13(16)11-16/h2-5,13H,6-11H2,1H3. The molecule has 19 heavy (non-hydrogen) atoms. The van der Waals surface area contributed by atoms with Gasteiger partial charge in [-0.15, -0.1) is 0 Å². The highest BCUT2D eigenvalue weighted by atomic mass is 16.2. The van der Waals surface area contributed by atoms with E-state index in [1.54, 1.807) is 0 Å². The molecule has 0 bridgehead atoms. The van der Waals surface area contributed by atoms with Crippen LogP contribution in [0.25, 0.3) is 0 Å². The Morgan fingerprint density at radius 1 is 1.11 bits per heavy atom. The van der Waals surface area contributed by atoms with Crippen molar-refractivity contribution in [1.29, 1.82) is 0 Å². The molecule has 4 rings (SSSR count). The fourth-order valence-corrected chi connectivity index (χ4v) is 3.29. The Kier molecular flexibility index (Phi) is 2.23. The number of amides is 1. The van der Waals surface area contributed by atoms with Crippen LogP contribution < -0.4 is 4.90 Å². The number of hydrogen-bond acceptors (Lipinski definition) is 2. The number of aryl methyl sites for hydroxylation is 1. The highest BCUT2D eigenvalue weighted by molar-refractivity contribution is 5.90. The van der Waals surface area contributed by atoms with Gasteiger partial charge in [0.25, 0.3) is 0 Å². The second-order valence-electron chi connectivity index (χ2n) is 6.38. The van der Waals surface area contributed by atoms with E-state index in [4.69, 9.17) is 0 Å². The van der Waals surface area contributed by atoms with Gasteiger partial charge in [-0.3, -0.25) is 4.79 Å². The number of benzene rings is 1. The van der Waals surface area contributed by atoms with Crippen LogP contribution in [-0.2, 0) is 4.79 Å². The minimum atomic E-state index is 0.145. The van der Waals surface area contributed by atoms with Crippen molar-refractivity contribution >= 4 is 11.6 Å². The van der Waals surface area contributed by atoms with Gasteiger partial charge in [-0.05, 0) is 37.8 Å². The molecule has 0 radical (unpaired) electrons. The SMILES string of the molecule is Cc1ccc(N2CCN(C(=O)C34CC3C4)CC2)cc1. The molecule has 3 aliphatic rings. The summed E-state index contributed by atoms with van der Waals surface area (Å²) in [6, 6.07) is 8.68. The van der Waals surface area contributed by atoms with Crippen LogP contribution >= 0.6 is 0 Å². The molecule has 100 valence electrons. The Balaban J connectivity index is 1.39. The first-order valence-corrected chi connectivity index (χ1v) is 7.30. The van der Waals surface area contributed by atoms with Gasteiger partial charge in [-0.1, -0.05) is 17.7 Å². The van der Waals surface area contributed by atoms with Crippen LogP contribution in [0.5, 0.6) is 0 Å². The summed E-state index contributed by atoms with van der Waals surface area (Å²) in [5, 5.41) is 0. The quantitative estimate of drug-likeness (QED) is 0.808. The van der Waals surface area contributed by atoms with Crippen LogP contribution in [-0.4, -0.2) is 37.0 Å². The number of nitrogens with zero attached hydrogens (tertiary/aromatic N) is 2. The molecule has 0 unspecified atom stereocenters. The van der Waals surface area contributed by atoms with Gasteiger partial charge in [-0.25, -0.2) is 0 Å². The molecule has 0 N–H and O–H groups in total. The molecule has 2 aliphatic carbocycles. The maximum absolute atomic E-state index is 12.3. The van der Waals surface area contributed by atoms with Crippen molar-refractivity contribution in [2.75, 3.05) is 31.1 Å². The topological polar surface area (TPSA) is 23.6 Å². The van der Waals surface area contributed by atoms with Crippen molar-refractivity contribution in [1.82, 2.24) is 4.90 Å². The van der Waals surface area contributed by atoms with E-state index in [1.807, 2.05) is 0 Å². The van der Waals surface area contributed by atoms with Crippen molar-refractivity contribution < 1.29 is 4.79 Å². The molecule has 2 saturated carbocycles. The monoisotopic (exact) mass is 256 g/mol. The Morgan fingerprint density at radius 2 is 1.68 bits per heavy atom. The molecule has 3 heteroatoms. The normalized spacial score (nSPS) is 31.9. The highest BCUT2D eigenvalue weighted by Gasteiger charge is 2.75. The smallest absolute Gasteiger partial charge is 0.229 e. The molecule has 3 fully saturated rings. The predicted molar refractivity (Wildman–Crippen MR) is 75.1 cm³/mol. The van der Waals surface area contributed by atoms with Gasteiger partial charge in [0.15, 0.2) is 0 Å². The van der Waals surface area contributed by atoms with Gasteiger partial charge < -0.3 is 9.80 Å². The summed E-state index contributed by atoms with van der Waals surface area (Å²) in [6.45, 7) is 5.83. The predicted octanol–water partition coefficient (Wildman–Crippen LogP) is 2.05. The molecule has 0 spiro atoms. The number of anilines is 1. The first-order valence-electron chi connectivity index (χ1n) is 7.30. The van der Waals surface area contributed by atoms with Gasteiger partial charge in [0.1, 0.15) is 0 Å². The van der Waals surface area contributed by atoms with E-state index < -0.39 is 0 Å². The minimum absolute atomic E-state index is 0.145. The molecule has 1 aromatic carbocycles. The summed E-state index contributed by atoms with van der Waals surface area (Å²) in [5.41, 5.74) is 2.73. The van der Waals surface area contributed by atoms with Crippen molar-refractivity contribution in [2.45, 2.75) is 19.8 Å². The summed E-state index contributed by atoms with van der Waals surface area (Å²) in [5.74, 6) is 1.20. The lowest BCUT2D eigenvalue weighted by atomic mass is 10.1. The fourth-order valence-electron chi connectivity index (χ4n) is 3.29. The number of piperazine rings is 1. The molecular formula is C16H20N2O. The lowest BCUT2D eigenvalue weighted by molar-refractivity contribution is -0.135. The van der Waals surface area contributed by atoms with E-state index in [-0.39, 0.29) is 5.41 Å². The minimum Gasteiger partial charge on any atom is -0.368 e. The molecule has 1 aliphatic heterocycles. The number of carbonyl (C=O) groups excluding carboxylic acids is 1. The Morgan fingerprint density at radius 3 is 2.21 bits per heavy atom. The molecule has 1 heterocycles. The average molecular weight is 256 g/mol. The average Bonchev–Trinajstić information content (AvgIpc) is 3.28. The van der Waals surface area contributed by atoms with E-state index in [9.17, 15) is 4.79 Å². The van der Waals surface area contributed by atoms with E-state index >= 15 is 0 Å². The largest absolute Gasteiger partial charge is 0.368 e. The van der Waals surface area contributed by atoms with E-state index in [0.717, 1.165) is 32.1 Å². The van der Waals surface area contributed by atoms with Gasteiger partial charge in [0, 0.05) is 31.9 Å². The second-order valence-corrected chi connectivity index (χ2v) is 6.38. The third-order valence-electron chi connectivity index (χ3n) is 5.07. The third-order valence-corrected chi connectivity index (χ3v) is 5.07. The summed E-state index contributed by atoms with van der Waals surface area (Å²) >= 11 is 0. The van der Waals surface area contributed by atoms with Crippen LogP contribution in [0, 0.1) is 18.3 Å². The third kappa shape index (κ3) is 1.75. The maximum Gasteiger partial charge on any atom is 0.229 e. The van der Waals surface area contributed by atoms with E-state index in [0.29, 0.717) is 5.91 Å². The maximum atomic E-state index is 12.3. The van der Waals surface area contributed by atoms with Crippen LogP contribution in [0.4, 0.5) is 5.69 Å². The zero-order valence-electron chi connectivity index (χ0n) is 11.4. The number of fused-ring (bicyclic) bond motifs is 1. The number of rotatable bonds is 2. The first-order chi connectivity index (χ1) is 9.19. The number of carbonyl (C=O) groups is 1. The van der Waals surface area contributed by atoms with Crippen molar-refractivity contribution in [3.63, 3.8) is 0 Å². The van der Waals surface area contributed by atoms with Gasteiger partial charge in [0.05, 0.1) is 5.41 Å². The molecular weight excluding hydrogens is 236 g/mol. The first kappa shape index (κ1) is 11.3. The van der Waals surface area contributed by atoms with Gasteiger partial charge in [-0.2, -0.15) is 0 Å². The second kappa shape index (κ2) is 3.75. The molecule has 1 amide bonds. The van der Waals surface area contributed by atoms with Gasteiger partial charge >= 0.3 is 0 Å². The summed E-state index contributed by atoms with van der Waals surface area (Å²) < 4.78 is 0. The van der Waals surface area contributed by atoms with Crippen LogP contribution in [0.15, 0.2) is 24.3 Å². The molecule has 0 aromatic heterocycles. The summed E-state index contributed by atoms with van der Waals surface area (Å²) in [4.78, 5) is 16.8. The highest BCUT2D eigenvalue weighted by Crippen LogP contribution is 2.75. The van der Waals surface area contributed by atoms with E-state index in [2.05, 4.69) is 41.0 Å². The lowest BCUT2D eigenvalue weighted by Gasteiger charge is -2.36. The van der Waals surface area contributed by atoms with E-state index in [1.165, 1.54) is 24.1 Å². The Bertz CT molecular complexity index is 508. The zero-order chi connectivity index (χ0) is 13.0. The van der Waals surface area contributed by atoms with Crippen LogP contribution in [0.2, 0.25) is 0 Å². The zero-order valence-corrected chi connectivity index (χ0v) is 11.4.